The number of rotatable bonds is 4. The minimum Gasteiger partial charge on any atom is -0.376 e. The predicted octanol–water partition coefficient (Wildman–Crippen LogP) is 1.58. The van der Waals surface area contributed by atoms with Gasteiger partial charge < -0.3 is 14.5 Å². The first-order valence-corrected chi connectivity index (χ1v) is 6.61. The predicted molar refractivity (Wildman–Crippen MR) is 74.5 cm³/mol. The summed E-state index contributed by atoms with van der Waals surface area (Å²) in [6.07, 6.45) is 5.85. The molecule has 1 unspecified atom stereocenters. The zero-order valence-electron chi connectivity index (χ0n) is 11.9. The molecular formula is C13H24N4O. The fourth-order valence-corrected chi connectivity index (χ4v) is 2.42. The number of ether oxygens (including phenoxy) is 1. The van der Waals surface area contributed by atoms with Crippen molar-refractivity contribution in [1.82, 2.24) is 9.78 Å². The maximum absolute atomic E-state index is 5.79. The Labute approximate surface area is 109 Å². The summed E-state index contributed by atoms with van der Waals surface area (Å²) < 4.78 is 7.85. The summed E-state index contributed by atoms with van der Waals surface area (Å²) in [7, 11) is 8.21. The summed E-state index contributed by atoms with van der Waals surface area (Å²) in [5.74, 6) is 1.15. The number of hydrogen-bond donors (Lipinski definition) is 0. The van der Waals surface area contributed by atoms with Crippen molar-refractivity contribution in [3.8, 4) is 0 Å². The normalized spacial score (nSPS) is 19.9. The summed E-state index contributed by atoms with van der Waals surface area (Å²) in [6.45, 7) is 1.74. The van der Waals surface area contributed by atoms with Gasteiger partial charge in [-0.05, 0) is 19.3 Å². The molecule has 5 nitrogen and oxygen atoms in total. The van der Waals surface area contributed by atoms with E-state index in [-0.39, 0.29) is 0 Å². The SMILES string of the molecule is CN(C)c1cnn(CC2CCCCO2)c1N(C)C. The van der Waals surface area contributed by atoms with Gasteiger partial charge >= 0.3 is 0 Å². The van der Waals surface area contributed by atoms with Gasteiger partial charge in [0.05, 0.1) is 24.5 Å². The van der Waals surface area contributed by atoms with E-state index in [1.54, 1.807) is 0 Å². The van der Waals surface area contributed by atoms with Gasteiger partial charge in [0.1, 0.15) is 5.82 Å². The smallest absolute Gasteiger partial charge is 0.150 e. The lowest BCUT2D eigenvalue weighted by Gasteiger charge is -2.25. The molecule has 0 amide bonds. The first-order chi connectivity index (χ1) is 8.59. The highest BCUT2D eigenvalue weighted by Crippen LogP contribution is 2.27. The molecule has 1 saturated heterocycles. The third-order valence-electron chi connectivity index (χ3n) is 3.35. The third kappa shape index (κ3) is 2.77. The number of hydrogen-bond acceptors (Lipinski definition) is 4. The second-order valence-corrected chi connectivity index (χ2v) is 5.31. The summed E-state index contributed by atoms with van der Waals surface area (Å²) >= 11 is 0. The molecule has 1 atom stereocenters. The quantitative estimate of drug-likeness (QED) is 0.815. The van der Waals surface area contributed by atoms with E-state index in [1.165, 1.54) is 12.8 Å². The summed E-state index contributed by atoms with van der Waals surface area (Å²) in [4.78, 5) is 4.21. The second kappa shape index (κ2) is 5.61. The van der Waals surface area contributed by atoms with Crippen LogP contribution in [-0.2, 0) is 11.3 Å². The van der Waals surface area contributed by atoms with Gasteiger partial charge in [-0.2, -0.15) is 5.10 Å². The molecular weight excluding hydrogens is 228 g/mol. The summed E-state index contributed by atoms with van der Waals surface area (Å²) in [6, 6.07) is 0. The molecule has 1 fully saturated rings. The van der Waals surface area contributed by atoms with Crippen LogP contribution < -0.4 is 9.80 Å². The standard InChI is InChI=1S/C13H24N4O/c1-15(2)12-9-14-17(13(12)16(3)4)10-11-7-5-6-8-18-11/h9,11H,5-8,10H2,1-4H3. The van der Waals surface area contributed by atoms with Crippen LogP contribution in [0.1, 0.15) is 19.3 Å². The van der Waals surface area contributed by atoms with Gasteiger partial charge in [-0.1, -0.05) is 0 Å². The number of aromatic nitrogens is 2. The fraction of sp³-hybridized carbons (Fsp3) is 0.769. The van der Waals surface area contributed by atoms with Gasteiger partial charge in [-0.15, -0.1) is 0 Å². The van der Waals surface area contributed by atoms with Crippen LogP contribution in [0.3, 0.4) is 0 Å². The molecule has 0 bridgehead atoms. The highest BCUT2D eigenvalue weighted by atomic mass is 16.5. The lowest BCUT2D eigenvalue weighted by molar-refractivity contribution is 0.00426. The molecule has 0 N–H and O–H groups in total. The monoisotopic (exact) mass is 252 g/mol. The molecule has 0 aliphatic carbocycles. The molecule has 1 aromatic heterocycles. The van der Waals surface area contributed by atoms with Gasteiger partial charge in [0.25, 0.3) is 0 Å². The van der Waals surface area contributed by atoms with Gasteiger partial charge in [0.2, 0.25) is 0 Å². The highest BCUT2D eigenvalue weighted by molar-refractivity contribution is 5.65. The largest absolute Gasteiger partial charge is 0.376 e. The van der Waals surface area contributed by atoms with Crippen molar-refractivity contribution in [3.63, 3.8) is 0 Å². The van der Waals surface area contributed by atoms with Crippen LogP contribution in [0.5, 0.6) is 0 Å². The van der Waals surface area contributed by atoms with Crippen molar-refractivity contribution in [2.75, 3.05) is 44.6 Å². The molecule has 5 heteroatoms. The van der Waals surface area contributed by atoms with Crippen molar-refractivity contribution < 1.29 is 4.74 Å². The average molecular weight is 252 g/mol. The van der Waals surface area contributed by atoms with Crippen LogP contribution in [0.4, 0.5) is 11.5 Å². The molecule has 0 radical (unpaired) electrons. The van der Waals surface area contributed by atoms with E-state index in [1.807, 2.05) is 20.3 Å². The van der Waals surface area contributed by atoms with Crippen molar-refractivity contribution in [2.45, 2.75) is 31.9 Å². The molecule has 2 rings (SSSR count). The molecule has 0 spiro atoms. The summed E-state index contributed by atoms with van der Waals surface area (Å²) in [5.41, 5.74) is 1.15. The van der Waals surface area contributed by atoms with Gasteiger partial charge in [0.15, 0.2) is 0 Å². The third-order valence-corrected chi connectivity index (χ3v) is 3.35. The van der Waals surface area contributed by atoms with Crippen LogP contribution in [0.2, 0.25) is 0 Å². The van der Waals surface area contributed by atoms with Crippen molar-refractivity contribution in [1.29, 1.82) is 0 Å². The Morgan fingerprint density at radius 3 is 2.61 bits per heavy atom. The molecule has 102 valence electrons. The van der Waals surface area contributed by atoms with E-state index in [0.717, 1.165) is 31.1 Å². The van der Waals surface area contributed by atoms with E-state index in [2.05, 4.69) is 33.7 Å². The molecule has 1 aliphatic heterocycles. The van der Waals surface area contributed by atoms with Gasteiger partial charge in [-0.3, -0.25) is 0 Å². The maximum atomic E-state index is 5.79. The highest BCUT2D eigenvalue weighted by Gasteiger charge is 2.19. The fourth-order valence-electron chi connectivity index (χ4n) is 2.42. The Bertz CT molecular complexity index is 380. The van der Waals surface area contributed by atoms with Crippen LogP contribution in [0.25, 0.3) is 0 Å². The minimum atomic E-state index is 0.312. The molecule has 1 aromatic rings. The van der Waals surface area contributed by atoms with E-state index in [9.17, 15) is 0 Å². The Morgan fingerprint density at radius 1 is 1.28 bits per heavy atom. The number of nitrogens with zero attached hydrogens (tertiary/aromatic N) is 4. The molecule has 18 heavy (non-hydrogen) atoms. The second-order valence-electron chi connectivity index (χ2n) is 5.31. The van der Waals surface area contributed by atoms with Crippen molar-refractivity contribution in [2.24, 2.45) is 0 Å². The lowest BCUT2D eigenvalue weighted by atomic mass is 10.1. The molecule has 0 aromatic carbocycles. The van der Waals surface area contributed by atoms with Gasteiger partial charge in [0, 0.05) is 34.8 Å². The van der Waals surface area contributed by atoms with Gasteiger partial charge in [-0.25, -0.2) is 4.68 Å². The lowest BCUT2D eigenvalue weighted by Crippen LogP contribution is -2.27. The Hall–Kier alpha value is -1.23. The molecule has 0 saturated carbocycles. The van der Waals surface area contributed by atoms with Crippen LogP contribution in [-0.4, -0.2) is 50.7 Å². The van der Waals surface area contributed by atoms with E-state index in [0.29, 0.717) is 6.10 Å². The van der Waals surface area contributed by atoms with Crippen LogP contribution in [0, 0.1) is 0 Å². The average Bonchev–Trinajstić information content (AvgIpc) is 2.74. The zero-order valence-corrected chi connectivity index (χ0v) is 11.9. The topological polar surface area (TPSA) is 33.5 Å². The summed E-state index contributed by atoms with van der Waals surface area (Å²) in [5, 5.41) is 4.51. The Morgan fingerprint density at radius 2 is 2.06 bits per heavy atom. The number of anilines is 2. The first kappa shape index (κ1) is 13.2. The maximum Gasteiger partial charge on any atom is 0.150 e. The van der Waals surface area contributed by atoms with E-state index < -0.39 is 0 Å². The first-order valence-electron chi connectivity index (χ1n) is 6.61. The Kier molecular flexibility index (Phi) is 4.11. The van der Waals surface area contributed by atoms with Crippen molar-refractivity contribution in [3.05, 3.63) is 6.20 Å². The minimum absolute atomic E-state index is 0.312. The zero-order chi connectivity index (χ0) is 13.1. The Balaban J connectivity index is 2.16. The van der Waals surface area contributed by atoms with E-state index in [4.69, 9.17) is 4.74 Å². The molecule has 2 heterocycles. The van der Waals surface area contributed by atoms with Crippen LogP contribution >= 0.6 is 0 Å². The van der Waals surface area contributed by atoms with Crippen molar-refractivity contribution >= 4 is 11.5 Å². The van der Waals surface area contributed by atoms with E-state index >= 15 is 0 Å². The van der Waals surface area contributed by atoms with Crippen LogP contribution in [0.15, 0.2) is 6.20 Å². The molecule has 1 aliphatic rings.